The van der Waals surface area contributed by atoms with E-state index in [9.17, 15) is 24.3 Å². The van der Waals surface area contributed by atoms with Crippen LogP contribution in [-0.4, -0.2) is 38.5 Å². The highest BCUT2D eigenvalue weighted by molar-refractivity contribution is 6.39. The van der Waals surface area contributed by atoms with Crippen LogP contribution >= 0.6 is 0 Å². The SMILES string of the molecule is Cc1cc(/C=C2\C(=O)NC(=O)N(c3cccnc3)C2=O)c(C)n1-c1cccc(C(=O)O)c1. The Balaban J connectivity index is 1.77. The van der Waals surface area contributed by atoms with Gasteiger partial charge in [0.2, 0.25) is 0 Å². The zero-order valence-corrected chi connectivity index (χ0v) is 17.2. The number of carbonyl (C=O) groups is 4. The summed E-state index contributed by atoms with van der Waals surface area (Å²) in [7, 11) is 0. The zero-order chi connectivity index (χ0) is 23.0. The summed E-state index contributed by atoms with van der Waals surface area (Å²) in [6.45, 7) is 3.62. The van der Waals surface area contributed by atoms with Gasteiger partial charge in [0.15, 0.2) is 0 Å². The van der Waals surface area contributed by atoms with Crippen molar-refractivity contribution < 1.29 is 24.3 Å². The van der Waals surface area contributed by atoms with Gasteiger partial charge in [-0.1, -0.05) is 6.07 Å². The molecular weight excluding hydrogens is 412 g/mol. The van der Waals surface area contributed by atoms with E-state index < -0.39 is 23.8 Å². The van der Waals surface area contributed by atoms with Crippen molar-refractivity contribution in [2.75, 3.05) is 4.90 Å². The zero-order valence-electron chi connectivity index (χ0n) is 17.2. The van der Waals surface area contributed by atoms with E-state index in [0.717, 1.165) is 10.6 Å². The fraction of sp³-hybridized carbons (Fsp3) is 0.0870. The molecule has 4 amide bonds. The molecule has 0 radical (unpaired) electrons. The molecule has 32 heavy (non-hydrogen) atoms. The van der Waals surface area contributed by atoms with Crippen LogP contribution in [0, 0.1) is 13.8 Å². The molecule has 1 aliphatic heterocycles. The molecule has 0 saturated carbocycles. The standard InChI is InChI=1S/C23H18N4O5/c1-13-9-16(14(2)26(13)17-6-3-5-15(10-17)22(30)31)11-19-20(28)25-23(32)27(21(19)29)18-7-4-8-24-12-18/h3-12H,1-2H3,(H,30,31)(H,25,28,32)/b19-11+. The van der Waals surface area contributed by atoms with Gasteiger partial charge in [0.25, 0.3) is 11.8 Å². The topological polar surface area (TPSA) is 122 Å². The third-order valence-corrected chi connectivity index (χ3v) is 5.13. The first-order valence-corrected chi connectivity index (χ1v) is 9.62. The Morgan fingerprint density at radius 2 is 1.81 bits per heavy atom. The summed E-state index contributed by atoms with van der Waals surface area (Å²) in [5, 5.41) is 11.5. The quantitative estimate of drug-likeness (QED) is 0.485. The summed E-state index contributed by atoms with van der Waals surface area (Å²) in [5.41, 5.74) is 2.88. The van der Waals surface area contributed by atoms with E-state index in [4.69, 9.17) is 0 Å². The maximum absolute atomic E-state index is 13.0. The number of hydrogen-bond donors (Lipinski definition) is 2. The van der Waals surface area contributed by atoms with Crippen molar-refractivity contribution in [3.05, 3.63) is 82.9 Å². The normalized spacial score (nSPS) is 15.2. The number of nitrogens with zero attached hydrogens (tertiary/aromatic N) is 3. The Labute approximate surface area is 182 Å². The minimum Gasteiger partial charge on any atom is -0.478 e. The minimum absolute atomic E-state index is 0.141. The molecule has 3 heterocycles. The number of carbonyl (C=O) groups excluding carboxylic acids is 3. The highest BCUT2D eigenvalue weighted by atomic mass is 16.4. The monoisotopic (exact) mass is 430 g/mol. The Morgan fingerprint density at radius 1 is 1.06 bits per heavy atom. The summed E-state index contributed by atoms with van der Waals surface area (Å²) >= 11 is 0. The first-order chi connectivity index (χ1) is 15.3. The number of barbiturate groups is 1. The number of carboxylic acids is 1. The van der Waals surface area contributed by atoms with Crippen LogP contribution in [0.15, 0.2) is 60.4 Å². The fourth-order valence-corrected chi connectivity index (χ4v) is 3.64. The third-order valence-electron chi connectivity index (χ3n) is 5.13. The molecule has 2 aromatic heterocycles. The second-order valence-electron chi connectivity index (χ2n) is 7.19. The molecule has 9 heteroatoms. The Bertz CT molecular complexity index is 1310. The van der Waals surface area contributed by atoms with Crippen LogP contribution in [0.2, 0.25) is 0 Å². The van der Waals surface area contributed by atoms with Gasteiger partial charge in [-0.25, -0.2) is 14.5 Å². The maximum Gasteiger partial charge on any atom is 0.336 e. The Hall–Kier alpha value is -4.53. The number of amides is 4. The van der Waals surface area contributed by atoms with Gasteiger partial charge >= 0.3 is 12.0 Å². The molecule has 9 nitrogen and oxygen atoms in total. The number of aryl methyl sites for hydroxylation is 1. The summed E-state index contributed by atoms with van der Waals surface area (Å²) in [6, 6.07) is 10.5. The second kappa shape index (κ2) is 7.95. The highest BCUT2D eigenvalue weighted by Crippen LogP contribution is 2.26. The molecule has 0 aliphatic carbocycles. The lowest BCUT2D eigenvalue weighted by atomic mass is 10.1. The van der Waals surface area contributed by atoms with Gasteiger partial charge in [0.05, 0.1) is 17.4 Å². The van der Waals surface area contributed by atoms with Crippen LogP contribution < -0.4 is 10.2 Å². The summed E-state index contributed by atoms with van der Waals surface area (Å²) in [4.78, 5) is 53.9. The average molecular weight is 430 g/mol. The van der Waals surface area contributed by atoms with Crippen molar-refractivity contribution in [2.24, 2.45) is 0 Å². The average Bonchev–Trinajstić information content (AvgIpc) is 3.04. The highest BCUT2D eigenvalue weighted by Gasteiger charge is 2.37. The predicted octanol–water partition coefficient (Wildman–Crippen LogP) is 2.85. The number of urea groups is 1. The predicted molar refractivity (Wildman–Crippen MR) is 115 cm³/mol. The van der Waals surface area contributed by atoms with E-state index >= 15 is 0 Å². The molecule has 2 N–H and O–H groups in total. The van der Waals surface area contributed by atoms with Crippen molar-refractivity contribution in [1.29, 1.82) is 0 Å². The number of aromatic carboxylic acids is 1. The molecule has 1 aromatic carbocycles. The smallest absolute Gasteiger partial charge is 0.336 e. The Kier molecular flexibility index (Phi) is 5.15. The van der Waals surface area contributed by atoms with E-state index in [2.05, 4.69) is 10.3 Å². The minimum atomic E-state index is -1.04. The number of aromatic nitrogens is 2. The molecular formula is C23H18N4O5. The fourth-order valence-electron chi connectivity index (χ4n) is 3.64. The van der Waals surface area contributed by atoms with E-state index in [0.29, 0.717) is 16.9 Å². The lowest BCUT2D eigenvalue weighted by Crippen LogP contribution is -2.54. The van der Waals surface area contributed by atoms with Gasteiger partial charge in [-0.15, -0.1) is 0 Å². The van der Waals surface area contributed by atoms with Crippen molar-refractivity contribution in [3.63, 3.8) is 0 Å². The number of rotatable bonds is 4. The van der Waals surface area contributed by atoms with Gasteiger partial charge < -0.3 is 9.67 Å². The molecule has 160 valence electrons. The van der Waals surface area contributed by atoms with Crippen molar-refractivity contribution in [1.82, 2.24) is 14.9 Å². The van der Waals surface area contributed by atoms with Gasteiger partial charge in [-0.2, -0.15) is 0 Å². The second-order valence-corrected chi connectivity index (χ2v) is 7.19. The van der Waals surface area contributed by atoms with Crippen LogP contribution in [0.3, 0.4) is 0 Å². The van der Waals surface area contributed by atoms with Gasteiger partial charge in [-0.05, 0) is 61.9 Å². The van der Waals surface area contributed by atoms with Crippen LogP contribution in [0.4, 0.5) is 10.5 Å². The van der Waals surface area contributed by atoms with Crippen molar-refractivity contribution >= 4 is 35.6 Å². The lowest BCUT2D eigenvalue weighted by molar-refractivity contribution is -0.122. The number of anilines is 1. The van der Waals surface area contributed by atoms with Gasteiger partial charge in [0, 0.05) is 23.3 Å². The molecule has 0 atom stereocenters. The molecule has 4 rings (SSSR count). The number of pyridine rings is 1. The summed E-state index contributed by atoms with van der Waals surface area (Å²) in [5.74, 6) is -2.59. The number of hydrogen-bond acceptors (Lipinski definition) is 5. The molecule has 1 fully saturated rings. The molecule has 0 unspecified atom stereocenters. The molecule has 1 saturated heterocycles. The largest absolute Gasteiger partial charge is 0.478 e. The summed E-state index contributed by atoms with van der Waals surface area (Å²) in [6.07, 6.45) is 4.28. The third kappa shape index (κ3) is 3.56. The van der Waals surface area contributed by atoms with Crippen molar-refractivity contribution in [3.8, 4) is 5.69 Å². The number of imide groups is 2. The Morgan fingerprint density at radius 3 is 2.50 bits per heavy atom. The van der Waals surface area contributed by atoms with E-state index in [-0.39, 0.29) is 16.8 Å². The van der Waals surface area contributed by atoms with Gasteiger partial charge in [0.1, 0.15) is 5.57 Å². The number of carboxylic acid groups (broad SMARTS) is 1. The lowest BCUT2D eigenvalue weighted by Gasteiger charge is -2.26. The van der Waals surface area contributed by atoms with E-state index in [1.54, 1.807) is 43.3 Å². The van der Waals surface area contributed by atoms with Crippen LogP contribution in [0.1, 0.15) is 27.3 Å². The van der Waals surface area contributed by atoms with Crippen LogP contribution in [-0.2, 0) is 9.59 Å². The summed E-state index contributed by atoms with van der Waals surface area (Å²) < 4.78 is 1.83. The molecule has 0 spiro atoms. The maximum atomic E-state index is 13.0. The molecule has 3 aromatic rings. The first kappa shape index (κ1) is 20.7. The van der Waals surface area contributed by atoms with Gasteiger partial charge in [-0.3, -0.25) is 19.9 Å². The van der Waals surface area contributed by atoms with Crippen molar-refractivity contribution in [2.45, 2.75) is 13.8 Å². The van der Waals surface area contributed by atoms with Crippen LogP contribution in [0.5, 0.6) is 0 Å². The number of benzene rings is 1. The van der Waals surface area contributed by atoms with Crippen LogP contribution in [0.25, 0.3) is 11.8 Å². The number of nitrogens with one attached hydrogen (secondary N) is 1. The first-order valence-electron chi connectivity index (χ1n) is 9.62. The molecule has 0 bridgehead atoms. The van der Waals surface area contributed by atoms with E-state index in [1.165, 1.54) is 24.5 Å². The van der Waals surface area contributed by atoms with E-state index in [1.807, 2.05) is 11.5 Å². The molecule has 1 aliphatic rings.